The summed E-state index contributed by atoms with van der Waals surface area (Å²) in [4.78, 5) is 1.25. The molecule has 0 aliphatic carbocycles. The summed E-state index contributed by atoms with van der Waals surface area (Å²) in [5, 5.41) is 1.92. The van der Waals surface area contributed by atoms with Crippen LogP contribution in [0, 0.1) is 0 Å². The molecule has 0 aliphatic rings. The Morgan fingerprint density at radius 2 is 2.31 bits per heavy atom. The van der Waals surface area contributed by atoms with E-state index in [2.05, 4.69) is 27.4 Å². The predicted octanol–water partition coefficient (Wildman–Crippen LogP) is 1.58. The molecule has 0 amide bonds. The zero-order valence-electron chi connectivity index (χ0n) is 7.75. The minimum atomic E-state index is 0.214. The van der Waals surface area contributed by atoms with Crippen LogP contribution < -0.4 is 11.2 Å². The van der Waals surface area contributed by atoms with Crippen molar-refractivity contribution < 1.29 is 0 Å². The summed E-state index contributed by atoms with van der Waals surface area (Å²) in [5.74, 6) is 0. The van der Waals surface area contributed by atoms with Crippen molar-refractivity contribution in [2.45, 2.75) is 6.04 Å². The number of thiophene rings is 1. The van der Waals surface area contributed by atoms with E-state index in [0.29, 0.717) is 6.54 Å². The maximum absolute atomic E-state index is 5.66. The summed E-state index contributed by atoms with van der Waals surface area (Å²) in [6.07, 6.45) is 0. The van der Waals surface area contributed by atoms with Crippen molar-refractivity contribution in [3.8, 4) is 0 Å². The first-order valence-electron chi connectivity index (χ1n) is 4.02. The van der Waals surface area contributed by atoms with E-state index < -0.39 is 0 Å². The van der Waals surface area contributed by atoms with Crippen LogP contribution >= 0.6 is 27.3 Å². The standard InChI is InChI=1S/C8H14BrN3S/c1-12(2)11-6(5-10)7-3-4-8(9)13-7/h3-4,6,11H,5,10H2,1-2H3. The number of rotatable bonds is 4. The second kappa shape index (κ2) is 5.07. The SMILES string of the molecule is CN(C)NC(CN)c1ccc(Br)s1. The van der Waals surface area contributed by atoms with Gasteiger partial charge in [-0.3, -0.25) is 0 Å². The Balaban J connectivity index is 2.66. The van der Waals surface area contributed by atoms with E-state index in [1.807, 2.05) is 25.2 Å². The Morgan fingerprint density at radius 1 is 1.62 bits per heavy atom. The normalized spacial score (nSPS) is 13.6. The lowest BCUT2D eigenvalue weighted by atomic mass is 10.2. The highest BCUT2D eigenvalue weighted by atomic mass is 79.9. The van der Waals surface area contributed by atoms with Crippen LogP contribution in [-0.4, -0.2) is 25.6 Å². The third-order valence-corrected chi connectivity index (χ3v) is 3.32. The Morgan fingerprint density at radius 3 is 2.69 bits per heavy atom. The molecule has 0 aromatic carbocycles. The zero-order chi connectivity index (χ0) is 9.84. The molecule has 0 saturated carbocycles. The molecule has 0 spiro atoms. The Hall–Kier alpha value is 0.0600. The summed E-state index contributed by atoms with van der Waals surface area (Å²) in [6, 6.07) is 4.34. The van der Waals surface area contributed by atoms with Gasteiger partial charge in [0.2, 0.25) is 0 Å². The first-order valence-corrected chi connectivity index (χ1v) is 5.63. The second-order valence-corrected chi connectivity index (χ2v) is 5.45. The van der Waals surface area contributed by atoms with Crippen LogP contribution in [0.15, 0.2) is 15.9 Å². The highest BCUT2D eigenvalue weighted by Crippen LogP contribution is 2.26. The smallest absolute Gasteiger partial charge is 0.0702 e. The maximum atomic E-state index is 5.66. The average Bonchev–Trinajstić information content (AvgIpc) is 2.47. The molecule has 0 saturated heterocycles. The highest BCUT2D eigenvalue weighted by Gasteiger charge is 2.11. The predicted molar refractivity (Wildman–Crippen MR) is 60.6 cm³/mol. The number of nitrogens with one attached hydrogen (secondary N) is 1. The quantitative estimate of drug-likeness (QED) is 0.811. The molecular formula is C8H14BrN3S. The lowest BCUT2D eigenvalue weighted by Gasteiger charge is -2.20. The third-order valence-electron chi connectivity index (χ3n) is 1.59. The maximum Gasteiger partial charge on any atom is 0.0702 e. The Bertz CT molecular complexity index is 262. The molecule has 0 aliphatic heterocycles. The molecule has 0 bridgehead atoms. The fraction of sp³-hybridized carbons (Fsp3) is 0.500. The van der Waals surface area contributed by atoms with Gasteiger partial charge < -0.3 is 5.73 Å². The van der Waals surface area contributed by atoms with E-state index in [1.54, 1.807) is 11.3 Å². The minimum Gasteiger partial charge on any atom is -0.329 e. The van der Waals surface area contributed by atoms with Crippen molar-refractivity contribution in [3.05, 3.63) is 20.8 Å². The van der Waals surface area contributed by atoms with Gasteiger partial charge in [-0.2, -0.15) is 0 Å². The van der Waals surface area contributed by atoms with Gasteiger partial charge in [-0.05, 0) is 28.1 Å². The monoisotopic (exact) mass is 263 g/mol. The van der Waals surface area contributed by atoms with Gasteiger partial charge >= 0.3 is 0 Å². The van der Waals surface area contributed by atoms with Crippen molar-refractivity contribution in [3.63, 3.8) is 0 Å². The van der Waals surface area contributed by atoms with Crippen LogP contribution in [0.2, 0.25) is 0 Å². The molecule has 1 heterocycles. The van der Waals surface area contributed by atoms with E-state index in [4.69, 9.17) is 5.73 Å². The van der Waals surface area contributed by atoms with Crippen molar-refractivity contribution in [2.24, 2.45) is 5.73 Å². The molecule has 1 aromatic heterocycles. The zero-order valence-corrected chi connectivity index (χ0v) is 10.2. The molecule has 74 valence electrons. The molecular weight excluding hydrogens is 250 g/mol. The lowest BCUT2D eigenvalue weighted by molar-refractivity contribution is 0.247. The van der Waals surface area contributed by atoms with Gasteiger partial charge in [-0.1, -0.05) is 0 Å². The summed E-state index contributed by atoms with van der Waals surface area (Å²) >= 11 is 5.14. The first kappa shape index (κ1) is 11.1. The number of hydrazine groups is 1. The second-order valence-electron chi connectivity index (χ2n) is 2.95. The lowest BCUT2D eigenvalue weighted by Crippen LogP contribution is -2.37. The van der Waals surface area contributed by atoms with E-state index in [1.165, 1.54) is 4.88 Å². The van der Waals surface area contributed by atoms with E-state index in [0.717, 1.165) is 3.79 Å². The number of hydrogen-bond donors (Lipinski definition) is 2. The molecule has 1 rings (SSSR count). The fourth-order valence-electron chi connectivity index (χ4n) is 1.06. The van der Waals surface area contributed by atoms with Crippen molar-refractivity contribution in [1.82, 2.24) is 10.4 Å². The van der Waals surface area contributed by atoms with Gasteiger partial charge in [-0.15, -0.1) is 11.3 Å². The van der Waals surface area contributed by atoms with Gasteiger partial charge in [0.05, 0.1) is 9.83 Å². The van der Waals surface area contributed by atoms with Gasteiger partial charge in [0.15, 0.2) is 0 Å². The highest BCUT2D eigenvalue weighted by molar-refractivity contribution is 9.11. The van der Waals surface area contributed by atoms with Crippen LogP contribution in [0.1, 0.15) is 10.9 Å². The van der Waals surface area contributed by atoms with Crippen LogP contribution in [0.3, 0.4) is 0 Å². The molecule has 1 unspecified atom stereocenters. The van der Waals surface area contributed by atoms with Gasteiger partial charge in [0.25, 0.3) is 0 Å². The molecule has 0 radical (unpaired) electrons. The third kappa shape index (κ3) is 3.36. The largest absolute Gasteiger partial charge is 0.329 e. The van der Waals surface area contributed by atoms with E-state index in [-0.39, 0.29) is 6.04 Å². The molecule has 0 fully saturated rings. The first-order chi connectivity index (χ1) is 6.13. The Labute approximate surface area is 91.0 Å². The van der Waals surface area contributed by atoms with Crippen LogP contribution in [0.4, 0.5) is 0 Å². The van der Waals surface area contributed by atoms with Crippen LogP contribution in [0.25, 0.3) is 0 Å². The number of halogens is 1. The number of nitrogens with two attached hydrogens (primary N) is 1. The van der Waals surface area contributed by atoms with Crippen molar-refractivity contribution in [2.75, 3.05) is 20.6 Å². The van der Waals surface area contributed by atoms with E-state index in [9.17, 15) is 0 Å². The summed E-state index contributed by atoms with van der Waals surface area (Å²) < 4.78 is 1.14. The molecule has 13 heavy (non-hydrogen) atoms. The van der Waals surface area contributed by atoms with Crippen LogP contribution in [-0.2, 0) is 0 Å². The molecule has 1 aromatic rings. The molecule has 3 N–H and O–H groups in total. The number of nitrogens with zero attached hydrogens (tertiary/aromatic N) is 1. The summed E-state index contributed by atoms with van der Waals surface area (Å²) in [5.41, 5.74) is 8.92. The summed E-state index contributed by atoms with van der Waals surface area (Å²) in [6.45, 7) is 0.602. The van der Waals surface area contributed by atoms with Gasteiger partial charge in [0, 0.05) is 25.5 Å². The fourth-order valence-corrected chi connectivity index (χ4v) is 2.54. The average molecular weight is 264 g/mol. The van der Waals surface area contributed by atoms with Gasteiger partial charge in [0.1, 0.15) is 0 Å². The molecule has 1 atom stereocenters. The van der Waals surface area contributed by atoms with Gasteiger partial charge in [-0.25, -0.2) is 10.4 Å². The number of hydrogen-bond acceptors (Lipinski definition) is 4. The Kier molecular flexibility index (Phi) is 4.34. The molecule has 3 nitrogen and oxygen atoms in total. The minimum absolute atomic E-state index is 0.214. The molecule has 5 heteroatoms. The summed E-state index contributed by atoms with van der Waals surface area (Å²) in [7, 11) is 3.93. The van der Waals surface area contributed by atoms with Crippen LogP contribution in [0.5, 0.6) is 0 Å². The topological polar surface area (TPSA) is 41.3 Å². The van der Waals surface area contributed by atoms with E-state index >= 15 is 0 Å². The van der Waals surface area contributed by atoms with Crippen molar-refractivity contribution >= 4 is 27.3 Å². The van der Waals surface area contributed by atoms with Crippen molar-refractivity contribution in [1.29, 1.82) is 0 Å².